The predicted molar refractivity (Wildman–Crippen MR) is 82.8 cm³/mol. The number of amides is 1. The monoisotopic (exact) mass is 312 g/mol. The summed E-state index contributed by atoms with van der Waals surface area (Å²) in [6.07, 6.45) is 4.44. The smallest absolute Gasteiger partial charge is 0.216 e. The molecule has 0 bridgehead atoms. The summed E-state index contributed by atoms with van der Waals surface area (Å²) < 4.78 is 13.4. The molecule has 0 aromatic heterocycles. The zero-order chi connectivity index (χ0) is 15.2. The van der Waals surface area contributed by atoms with Crippen molar-refractivity contribution in [2.45, 2.75) is 45.2 Å². The van der Waals surface area contributed by atoms with Crippen LogP contribution >= 0.6 is 11.6 Å². The molecule has 21 heavy (non-hydrogen) atoms. The standard InChI is InChI=1S/C16H22ClFN2O/c1-12(21)19-6-5-16-4-2-3-7-20(16)11-13-8-14(17)10-15(18)9-13/h8-10,16H,2-7,11H2,1H3,(H,19,21). The number of carbonyl (C=O) groups excluding carboxylic acids is 1. The zero-order valence-corrected chi connectivity index (χ0v) is 13.1. The Bertz CT molecular complexity index is 475. The minimum atomic E-state index is -0.288. The molecule has 0 saturated carbocycles. The zero-order valence-electron chi connectivity index (χ0n) is 12.4. The Hall–Kier alpha value is -1.13. The summed E-state index contributed by atoms with van der Waals surface area (Å²) in [5.74, 6) is -0.279. The summed E-state index contributed by atoms with van der Waals surface area (Å²) in [5, 5.41) is 3.29. The number of likely N-dealkylation sites (tertiary alicyclic amines) is 1. The third-order valence-electron chi connectivity index (χ3n) is 3.91. The quantitative estimate of drug-likeness (QED) is 0.904. The molecule has 2 rings (SSSR count). The number of carbonyl (C=O) groups is 1. The molecule has 0 spiro atoms. The summed E-state index contributed by atoms with van der Waals surface area (Å²) in [7, 11) is 0. The van der Waals surface area contributed by atoms with Crippen LogP contribution in [-0.2, 0) is 11.3 Å². The average Bonchev–Trinajstić information content (AvgIpc) is 2.39. The molecule has 1 atom stereocenters. The summed E-state index contributed by atoms with van der Waals surface area (Å²) in [6.45, 7) is 3.95. The lowest BCUT2D eigenvalue weighted by molar-refractivity contribution is -0.119. The van der Waals surface area contributed by atoms with Crippen molar-refractivity contribution >= 4 is 17.5 Å². The van der Waals surface area contributed by atoms with E-state index in [4.69, 9.17) is 11.6 Å². The first kappa shape index (κ1) is 16.2. The van der Waals surface area contributed by atoms with E-state index in [0.29, 0.717) is 24.2 Å². The van der Waals surface area contributed by atoms with Gasteiger partial charge in [-0.25, -0.2) is 4.39 Å². The van der Waals surface area contributed by atoms with Gasteiger partial charge in [-0.05, 0) is 49.6 Å². The third-order valence-corrected chi connectivity index (χ3v) is 4.13. The molecular weight excluding hydrogens is 291 g/mol. The van der Waals surface area contributed by atoms with Crippen molar-refractivity contribution in [1.29, 1.82) is 0 Å². The van der Waals surface area contributed by atoms with Crippen molar-refractivity contribution in [1.82, 2.24) is 10.2 Å². The normalized spacial score (nSPS) is 19.5. The molecule has 1 aromatic rings. The van der Waals surface area contributed by atoms with Gasteiger partial charge in [-0.2, -0.15) is 0 Å². The van der Waals surface area contributed by atoms with E-state index in [9.17, 15) is 9.18 Å². The molecule has 5 heteroatoms. The maximum Gasteiger partial charge on any atom is 0.216 e. The lowest BCUT2D eigenvalue weighted by Gasteiger charge is -2.36. The SMILES string of the molecule is CC(=O)NCCC1CCCCN1Cc1cc(F)cc(Cl)c1. The fraction of sp³-hybridized carbons (Fsp3) is 0.562. The highest BCUT2D eigenvalue weighted by Crippen LogP contribution is 2.23. The Balaban J connectivity index is 1.96. The Labute approximate surface area is 130 Å². The fourth-order valence-electron chi connectivity index (χ4n) is 2.95. The molecule has 3 nitrogen and oxygen atoms in total. The van der Waals surface area contributed by atoms with Crippen LogP contribution in [0, 0.1) is 5.82 Å². The maximum atomic E-state index is 13.4. The van der Waals surface area contributed by atoms with Gasteiger partial charge < -0.3 is 5.32 Å². The van der Waals surface area contributed by atoms with Crippen molar-refractivity contribution in [3.8, 4) is 0 Å². The summed E-state index contributed by atoms with van der Waals surface area (Å²) in [5.41, 5.74) is 0.909. The molecule has 1 amide bonds. The van der Waals surface area contributed by atoms with Gasteiger partial charge >= 0.3 is 0 Å². The Morgan fingerprint density at radius 2 is 2.24 bits per heavy atom. The van der Waals surface area contributed by atoms with Gasteiger partial charge in [-0.15, -0.1) is 0 Å². The van der Waals surface area contributed by atoms with Gasteiger partial charge in [0.15, 0.2) is 0 Å². The van der Waals surface area contributed by atoms with E-state index < -0.39 is 0 Å². The first-order valence-electron chi connectivity index (χ1n) is 7.48. The van der Waals surface area contributed by atoms with E-state index in [-0.39, 0.29) is 11.7 Å². The second-order valence-electron chi connectivity index (χ2n) is 5.67. The number of nitrogens with one attached hydrogen (secondary N) is 1. The predicted octanol–water partition coefficient (Wildman–Crippen LogP) is 3.36. The fourth-order valence-corrected chi connectivity index (χ4v) is 3.19. The van der Waals surface area contributed by atoms with Gasteiger partial charge in [-0.3, -0.25) is 9.69 Å². The first-order chi connectivity index (χ1) is 10.0. The molecule has 0 radical (unpaired) electrons. The van der Waals surface area contributed by atoms with Crippen LogP contribution in [0.5, 0.6) is 0 Å². The van der Waals surface area contributed by atoms with Crippen LogP contribution in [0.4, 0.5) is 4.39 Å². The number of piperidine rings is 1. The Kier molecular flexibility index (Phi) is 6.00. The second-order valence-corrected chi connectivity index (χ2v) is 6.11. The van der Waals surface area contributed by atoms with Crippen molar-refractivity contribution in [2.24, 2.45) is 0 Å². The van der Waals surface area contributed by atoms with E-state index >= 15 is 0 Å². The van der Waals surface area contributed by atoms with E-state index in [1.165, 1.54) is 25.8 Å². The number of halogens is 2. The highest BCUT2D eigenvalue weighted by Gasteiger charge is 2.22. The molecule has 1 aliphatic heterocycles. The van der Waals surface area contributed by atoms with Crippen molar-refractivity contribution in [3.63, 3.8) is 0 Å². The van der Waals surface area contributed by atoms with Crippen LogP contribution in [0.2, 0.25) is 5.02 Å². The van der Waals surface area contributed by atoms with Crippen LogP contribution in [-0.4, -0.2) is 29.9 Å². The van der Waals surface area contributed by atoms with Gasteiger partial charge in [0.05, 0.1) is 0 Å². The number of rotatable bonds is 5. The molecule has 1 saturated heterocycles. The van der Waals surface area contributed by atoms with Gasteiger partial charge in [0, 0.05) is 31.1 Å². The lowest BCUT2D eigenvalue weighted by Crippen LogP contribution is -2.41. The van der Waals surface area contributed by atoms with Gasteiger partial charge in [0.25, 0.3) is 0 Å². The van der Waals surface area contributed by atoms with Crippen molar-refractivity contribution in [2.75, 3.05) is 13.1 Å². The first-order valence-corrected chi connectivity index (χ1v) is 7.86. The van der Waals surface area contributed by atoms with E-state index in [2.05, 4.69) is 10.2 Å². The Morgan fingerprint density at radius 3 is 2.95 bits per heavy atom. The molecule has 1 N–H and O–H groups in total. The van der Waals surface area contributed by atoms with Gasteiger partial charge in [-0.1, -0.05) is 18.0 Å². The molecule has 1 aromatic carbocycles. The van der Waals surface area contributed by atoms with Crippen LogP contribution in [0.1, 0.15) is 38.2 Å². The van der Waals surface area contributed by atoms with E-state index in [1.807, 2.05) is 6.07 Å². The molecule has 1 heterocycles. The summed E-state index contributed by atoms with van der Waals surface area (Å²) >= 11 is 5.92. The van der Waals surface area contributed by atoms with Gasteiger partial charge in [0.2, 0.25) is 5.91 Å². The second kappa shape index (κ2) is 7.76. The summed E-state index contributed by atoms with van der Waals surface area (Å²) in [6, 6.07) is 5.14. The number of hydrogen-bond donors (Lipinski definition) is 1. The minimum Gasteiger partial charge on any atom is -0.356 e. The highest BCUT2D eigenvalue weighted by molar-refractivity contribution is 6.30. The third kappa shape index (κ3) is 5.29. The highest BCUT2D eigenvalue weighted by atomic mass is 35.5. The van der Waals surface area contributed by atoms with Crippen molar-refractivity contribution < 1.29 is 9.18 Å². The van der Waals surface area contributed by atoms with Crippen LogP contribution < -0.4 is 5.32 Å². The molecule has 1 unspecified atom stereocenters. The summed E-state index contributed by atoms with van der Waals surface area (Å²) in [4.78, 5) is 13.3. The lowest BCUT2D eigenvalue weighted by atomic mass is 9.98. The largest absolute Gasteiger partial charge is 0.356 e. The number of nitrogens with zero attached hydrogens (tertiary/aromatic N) is 1. The molecular formula is C16H22ClFN2O. The molecule has 1 aliphatic rings. The van der Waals surface area contributed by atoms with Crippen LogP contribution in [0.15, 0.2) is 18.2 Å². The number of benzene rings is 1. The van der Waals surface area contributed by atoms with Gasteiger partial charge in [0.1, 0.15) is 5.82 Å². The van der Waals surface area contributed by atoms with Crippen LogP contribution in [0.25, 0.3) is 0 Å². The topological polar surface area (TPSA) is 32.3 Å². The van der Waals surface area contributed by atoms with Crippen LogP contribution in [0.3, 0.4) is 0 Å². The number of hydrogen-bond acceptors (Lipinski definition) is 2. The average molecular weight is 313 g/mol. The molecule has 116 valence electrons. The van der Waals surface area contributed by atoms with E-state index in [1.54, 1.807) is 6.07 Å². The molecule has 0 aliphatic carbocycles. The van der Waals surface area contributed by atoms with E-state index in [0.717, 1.165) is 24.9 Å². The molecule has 1 fully saturated rings. The van der Waals surface area contributed by atoms with Crippen molar-refractivity contribution in [3.05, 3.63) is 34.6 Å². The Morgan fingerprint density at radius 1 is 1.43 bits per heavy atom. The minimum absolute atomic E-state index is 0.00858. The maximum absolute atomic E-state index is 13.4.